The van der Waals surface area contributed by atoms with Crippen molar-refractivity contribution in [1.82, 2.24) is 0 Å². The highest BCUT2D eigenvalue weighted by atomic mass is 127. The van der Waals surface area contributed by atoms with Gasteiger partial charge in [0, 0.05) is 16.3 Å². The maximum Gasteiger partial charge on any atom is 0.0473 e. The SMILES string of the molecule is CNc1ccc(C(C)(C)C)cc1I. The molecule has 1 rings (SSSR count). The van der Waals surface area contributed by atoms with E-state index >= 15 is 0 Å². The lowest BCUT2D eigenvalue weighted by Gasteiger charge is -2.20. The second kappa shape index (κ2) is 3.86. The van der Waals surface area contributed by atoms with Gasteiger partial charge in [-0.2, -0.15) is 0 Å². The largest absolute Gasteiger partial charge is 0.387 e. The summed E-state index contributed by atoms with van der Waals surface area (Å²) in [5, 5.41) is 3.17. The molecule has 0 spiro atoms. The number of hydrogen-bond donors (Lipinski definition) is 1. The molecule has 0 aromatic heterocycles. The molecule has 0 amide bonds. The normalized spacial score (nSPS) is 11.5. The molecule has 0 fully saturated rings. The zero-order chi connectivity index (χ0) is 10.1. The lowest BCUT2D eigenvalue weighted by atomic mass is 9.87. The monoisotopic (exact) mass is 289 g/mol. The van der Waals surface area contributed by atoms with Crippen molar-refractivity contribution in [3.05, 3.63) is 27.3 Å². The summed E-state index contributed by atoms with van der Waals surface area (Å²) in [6, 6.07) is 6.57. The molecular formula is C11H16IN. The maximum absolute atomic E-state index is 3.17. The third-order valence-corrected chi connectivity index (χ3v) is 3.00. The van der Waals surface area contributed by atoms with Crippen LogP contribution in [0.4, 0.5) is 5.69 Å². The first-order valence-corrected chi connectivity index (χ1v) is 5.51. The van der Waals surface area contributed by atoms with Gasteiger partial charge in [0.05, 0.1) is 0 Å². The molecule has 2 heteroatoms. The molecule has 0 atom stereocenters. The Morgan fingerprint density at radius 2 is 1.85 bits per heavy atom. The predicted octanol–water partition coefficient (Wildman–Crippen LogP) is 3.63. The molecule has 0 aliphatic carbocycles. The minimum Gasteiger partial charge on any atom is -0.387 e. The Hall–Kier alpha value is -0.250. The van der Waals surface area contributed by atoms with Gasteiger partial charge < -0.3 is 5.32 Å². The first-order valence-electron chi connectivity index (χ1n) is 4.43. The van der Waals surface area contributed by atoms with Gasteiger partial charge in [0.25, 0.3) is 0 Å². The van der Waals surface area contributed by atoms with Crippen LogP contribution in [-0.2, 0) is 5.41 Å². The van der Waals surface area contributed by atoms with E-state index in [1.54, 1.807) is 0 Å². The molecule has 1 nitrogen and oxygen atoms in total. The van der Waals surface area contributed by atoms with Crippen molar-refractivity contribution in [2.75, 3.05) is 12.4 Å². The van der Waals surface area contributed by atoms with Crippen molar-refractivity contribution < 1.29 is 0 Å². The molecule has 13 heavy (non-hydrogen) atoms. The van der Waals surface area contributed by atoms with E-state index in [1.807, 2.05) is 7.05 Å². The van der Waals surface area contributed by atoms with Crippen molar-refractivity contribution in [3.8, 4) is 0 Å². The zero-order valence-electron chi connectivity index (χ0n) is 8.61. The van der Waals surface area contributed by atoms with Crippen molar-refractivity contribution in [2.45, 2.75) is 26.2 Å². The van der Waals surface area contributed by atoms with Crippen LogP contribution in [0.2, 0.25) is 0 Å². The van der Waals surface area contributed by atoms with E-state index in [4.69, 9.17) is 0 Å². The van der Waals surface area contributed by atoms with Crippen LogP contribution in [0.5, 0.6) is 0 Å². The fourth-order valence-corrected chi connectivity index (χ4v) is 1.97. The Balaban J connectivity index is 3.10. The summed E-state index contributed by atoms with van der Waals surface area (Å²) >= 11 is 2.36. The number of halogens is 1. The molecule has 0 saturated carbocycles. The number of hydrogen-bond acceptors (Lipinski definition) is 1. The summed E-state index contributed by atoms with van der Waals surface area (Å²) in [6.07, 6.45) is 0. The van der Waals surface area contributed by atoms with Gasteiger partial charge in [-0.25, -0.2) is 0 Å². The summed E-state index contributed by atoms with van der Waals surface area (Å²) in [4.78, 5) is 0. The van der Waals surface area contributed by atoms with Gasteiger partial charge >= 0.3 is 0 Å². The molecule has 0 aliphatic heterocycles. The van der Waals surface area contributed by atoms with E-state index < -0.39 is 0 Å². The van der Waals surface area contributed by atoms with Crippen molar-refractivity contribution in [3.63, 3.8) is 0 Å². The van der Waals surface area contributed by atoms with E-state index in [2.05, 4.69) is 66.9 Å². The predicted molar refractivity (Wildman–Crippen MR) is 67.4 cm³/mol. The molecular weight excluding hydrogens is 273 g/mol. The Morgan fingerprint density at radius 3 is 2.23 bits per heavy atom. The standard InChI is InChI=1S/C11H16IN/c1-11(2,3)8-5-6-10(13-4)9(12)7-8/h5-7,13H,1-4H3. The Labute approximate surface area is 94.1 Å². The van der Waals surface area contributed by atoms with E-state index in [0.717, 1.165) is 0 Å². The molecule has 0 aliphatic rings. The highest BCUT2D eigenvalue weighted by molar-refractivity contribution is 14.1. The first kappa shape index (κ1) is 10.8. The minimum atomic E-state index is 0.242. The second-order valence-corrected chi connectivity index (χ2v) is 5.36. The van der Waals surface area contributed by atoms with E-state index in [9.17, 15) is 0 Å². The second-order valence-electron chi connectivity index (χ2n) is 4.19. The van der Waals surface area contributed by atoms with E-state index in [1.165, 1.54) is 14.8 Å². The summed E-state index contributed by atoms with van der Waals surface area (Å²) < 4.78 is 1.28. The quantitative estimate of drug-likeness (QED) is 0.778. The number of anilines is 1. The third kappa shape index (κ3) is 2.59. The lowest BCUT2D eigenvalue weighted by Crippen LogP contribution is -2.11. The van der Waals surface area contributed by atoms with Gasteiger partial charge in [-0.05, 0) is 45.7 Å². The van der Waals surface area contributed by atoms with Crippen molar-refractivity contribution >= 4 is 28.3 Å². The average molecular weight is 289 g/mol. The Bertz CT molecular complexity index is 299. The van der Waals surface area contributed by atoms with Gasteiger partial charge in [-0.1, -0.05) is 26.8 Å². The van der Waals surface area contributed by atoms with Crippen LogP contribution in [0, 0.1) is 3.57 Å². The molecule has 1 aromatic carbocycles. The molecule has 0 saturated heterocycles. The van der Waals surface area contributed by atoms with Gasteiger partial charge in [-0.3, -0.25) is 0 Å². The number of rotatable bonds is 1. The lowest BCUT2D eigenvalue weighted by molar-refractivity contribution is 0.590. The fraction of sp³-hybridized carbons (Fsp3) is 0.455. The molecule has 0 radical (unpaired) electrons. The summed E-state index contributed by atoms with van der Waals surface area (Å²) in [5.41, 5.74) is 2.83. The third-order valence-electron chi connectivity index (χ3n) is 2.10. The van der Waals surface area contributed by atoms with Crippen LogP contribution < -0.4 is 5.32 Å². The zero-order valence-corrected chi connectivity index (χ0v) is 10.8. The molecule has 0 bridgehead atoms. The number of benzene rings is 1. The van der Waals surface area contributed by atoms with E-state index in [-0.39, 0.29) is 5.41 Å². The van der Waals surface area contributed by atoms with Crippen molar-refractivity contribution in [2.24, 2.45) is 0 Å². The average Bonchev–Trinajstić information content (AvgIpc) is 2.02. The topological polar surface area (TPSA) is 12.0 Å². The van der Waals surface area contributed by atoms with Gasteiger partial charge in [0.1, 0.15) is 0 Å². The molecule has 0 unspecified atom stereocenters. The highest BCUT2D eigenvalue weighted by Crippen LogP contribution is 2.27. The Morgan fingerprint density at radius 1 is 1.23 bits per heavy atom. The van der Waals surface area contributed by atoms with Crippen LogP contribution in [0.3, 0.4) is 0 Å². The highest BCUT2D eigenvalue weighted by Gasteiger charge is 2.14. The van der Waals surface area contributed by atoms with Gasteiger partial charge in [0.2, 0.25) is 0 Å². The van der Waals surface area contributed by atoms with Crippen LogP contribution in [0.15, 0.2) is 18.2 Å². The smallest absolute Gasteiger partial charge is 0.0473 e. The van der Waals surface area contributed by atoms with Crippen LogP contribution in [-0.4, -0.2) is 7.05 Å². The summed E-state index contributed by atoms with van der Waals surface area (Å²) in [7, 11) is 1.95. The Kier molecular flexibility index (Phi) is 3.22. The summed E-state index contributed by atoms with van der Waals surface area (Å²) in [5.74, 6) is 0. The van der Waals surface area contributed by atoms with Crippen LogP contribution >= 0.6 is 22.6 Å². The van der Waals surface area contributed by atoms with Gasteiger partial charge in [-0.15, -0.1) is 0 Å². The number of nitrogens with one attached hydrogen (secondary N) is 1. The maximum atomic E-state index is 3.17. The van der Waals surface area contributed by atoms with E-state index in [0.29, 0.717) is 0 Å². The molecule has 1 N–H and O–H groups in total. The summed E-state index contributed by atoms with van der Waals surface area (Å²) in [6.45, 7) is 6.70. The fourth-order valence-electron chi connectivity index (χ4n) is 1.18. The molecule has 72 valence electrons. The molecule has 1 aromatic rings. The first-order chi connectivity index (χ1) is 5.95. The minimum absolute atomic E-state index is 0.242. The van der Waals surface area contributed by atoms with Gasteiger partial charge in [0.15, 0.2) is 0 Å². The van der Waals surface area contributed by atoms with Crippen LogP contribution in [0.1, 0.15) is 26.3 Å². The van der Waals surface area contributed by atoms with Crippen LogP contribution in [0.25, 0.3) is 0 Å². The van der Waals surface area contributed by atoms with Crippen molar-refractivity contribution in [1.29, 1.82) is 0 Å². The molecule has 0 heterocycles.